The molecule has 0 saturated heterocycles. The van der Waals surface area contributed by atoms with E-state index in [-0.39, 0.29) is 0 Å². The van der Waals surface area contributed by atoms with Crippen LogP contribution in [0.1, 0.15) is 12.5 Å². The maximum absolute atomic E-state index is 11.3. The van der Waals surface area contributed by atoms with Gasteiger partial charge in [0.1, 0.15) is 0 Å². The molecule has 1 aromatic carbocycles. The summed E-state index contributed by atoms with van der Waals surface area (Å²) in [5.74, 6) is 0. The monoisotopic (exact) mass is 285 g/mol. The van der Waals surface area contributed by atoms with Crippen molar-refractivity contribution in [1.29, 1.82) is 0 Å². The zero-order valence-corrected chi connectivity index (χ0v) is 11.9. The van der Waals surface area contributed by atoms with Crippen LogP contribution in [0.25, 0.3) is 5.70 Å². The standard InChI is InChI=1S/C11H12N2S.2O.Ti/c1-2-13-11(8-12-9-14-13)10-6-4-3-5-7-10;;;/h3-9H,2H2,1H3;;;/q;;;-1/p+1. The van der Waals surface area contributed by atoms with Crippen LogP contribution in [0.15, 0.2) is 41.5 Å². The van der Waals surface area contributed by atoms with Crippen molar-refractivity contribution in [1.82, 2.24) is 4.31 Å². The van der Waals surface area contributed by atoms with E-state index < -0.39 is 25.2 Å². The first-order valence-corrected chi connectivity index (χ1v) is 10.0. The van der Waals surface area contributed by atoms with Crippen molar-refractivity contribution in [3.05, 3.63) is 42.1 Å². The summed E-state index contributed by atoms with van der Waals surface area (Å²) < 4.78 is 24.6. The van der Waals surface area contributed by atoms with Crippen molar-refractivity contribution >= 4 is 19.9 Å². The molecule has 0 aromatic heterocycles. The number of thiol groups is 1. The van der Waals surface area contributed by atoms with Gasteiger partial charge in [0.2, 0.25) is 0 Å². The van der Waals surface area contributed by atoms with E-state index in [1.807, 2.05) is 41.6 Å². The van der Waals surface area contributed by atoms with Crippen molar-refractivity contribution in [2.45, 2.75) is 6.92 Å². The summed E-state index contributed by atoms with van der Waals surface area (Å²) in [6, 6.07) is 9.76. The summed E-state index contributed by atoms with van der Waals surface area (Å²) >= 11 is -3.45. The Morgan fingerprint density at radius 1 is 1.29 bits per heavy atom. The molecule has 89 valence electrons. The van der Waals surface area contributed by atoms with Crippen molar-refractivity contribution in [3.63, 3.8) is 0 Å². The van der Waals surface area contributed by atoms with Crippen LogP contribution in [0.4, 0.5) is 0 Å². The van der Waals surface area contributed by atoms with Gasteiger partial charge >= 0.3 is 108 Å². The fourth-order valence-electron chi connectivity index (χ4n) is 1.71. The van der Waals surface area contributed by atoms with E-state index in [0.717, 1.165) is 11.3 Å². The van der Waals surface area contributed by atoms with E-state index in [1.54, 1.807) is 11.7 Å². The van der Waals surface area contributed by atoms with Gasteiger partial charge in [0.25, 0.3) is 0 Å². The molecule has 0 spiro atoms. The molecule has 2 rings (SSSR count). The third-order valence-electron chi connectivity index (χ3n) is 2.47. The van der Waals surface area contributed by atoms with Crippen molar-refractivity contribution in [3.8, 4) is 0 Å². The second kappa shape index (κ2) is 5.62. The van der Waals surface area contributed by atoms with Gasteiger partial charge in [0.15, 0.2) is 0 Å². The van der Waals surface area contributed by atoms with Crippen LogP contribution >= 0.6 is 8.67 Å². The molecule has 0 aliphatic carbocycles. The first-order chi connectivity index (χ1) is 8.24. The zero-order valence-electron chi connectivity index (χ0n) is 9.41. The Balaban J connectivity index is 2.40. The van der Waals surface area contributed by atoms with Crippen LogP contribution in [-0.4, -0.2) is 16.4 Å². The van der Waals surface area contributed by atoms with Crippen LogP contribution in [0.3, 0.4) is 0 Å². The maximum atomic E-state index is 11.3. The number of hydrogen-bond donors (Lipinski definition) is 1. The summed E-state index contributed by atoms with van der Waals surface area (Å²) in [4.78, 5) is 4.08. The van der Waals surface area contributed by atoms with Gasteiger partial charge in [-0.25, -0.2) is 0 Å². The second-order valence-corrected chi connectivity index (χ2v) is 9.36. The summed E-state index contributed by atoms with van der Waals surface area (Å²) in [6.45, 7) is 2.64. The Kier molecular flexibility index (Phi) is 4.15. The predicted octanol–water partition coefficient (Wildman–Crippen LogP) is 2.49. The molecule has 4 nitrogen and oxygen atoms in total. The van der Waals surface area contributed by atoms with Crippen LogP contribution in [0, 0.1) is 0 Å². The molecule has 1 aromatic rings. The molecule has 0 fully saturated rings. The summed E-state index contributed by atoms with van der Waals surface area (Å²) in [7, 11) is -1.23. The molecule has 1 heterocycles. The summed E-state index contributed by atoms with van der Waals surface area (Å²) in [6.07, 6.45) is 1.74. The Morgan fingerprint density at radius 2 is 2.00 bits per heavy atom. The van der Waals surface area contributed by atoms with Gasteiger partial charge in [-0.05, 0) is 0 Å². The normalized spacial score (nSPS) is 21.1. The van der Waals surface area contributed by atoms with Crippen LogP contribution in [0.5, 0.6) is 0 Å². The Hall–Kier alpha value is -0.906. The number of benzene rings is 1. The van der Waals surface area contributed by atoms with Gasteiger partial charge in [0.05, 0.1) is 0 Å². The van der Waals surface area contributed by atoms with E-state index in [4.69, 9.17) is 0 Å². The average molecular weight is 285 g/mol. The Morgan fingerprint density at radius 3 is 2.59 bits per heavy atom. The molecule has 17 heavy (non-hydrogen) atoms. The van der Waals surface area contributed by atoms with E-state index in [9.17, 15) is 6.65 Å². The fourth-order valence-corrected chi connectivity index (χ4v) is 5.87. The van der Waals surface area contributed by atoms with Crippen LogP contribution < -0.4 is 0 Å². The van der Waals surface area contributed by atoms with Crippen LogP contribution in [0.2, 0.25) is 0 Å². The molecular formula is C11H13N2O2STi. The number of hydrogen-bond acceptors (Lipinski definition) is 4. The summed E-state index contributed by atoms with van der Waals surface area (Å²) in [5, 5.41) is 0. The Bertz CT molecular complexity index is 518. The molecule has 1 aliphatic rings. The molecule has 0 radical (unpaired) electrons. The van der Waals surface area contributed by atoms with Crippen molar-refractivity contribution < 1.29 is 23.2 Å². The minimum atomic E-state index is -3.45. The Labute approximate surface area is 108 Å². The average Bonchev–Trinajstić information content (AvgIpc) is 2.38. The van der Waals surface area contributed by atoms with Gasteiger partial charge in [-0.3, -0.25) is 0 Å². The van der Waals surface area contributed by atoms with E-state index in [2.05, 4.69) is 4.99 Å². The molecule has 6 heteroatoms. The second-order valence-electron chi connectivity index (χ2n) is 3.47. The molecule has 1 atom stereocenters. The van der Waals surface area contributed by atoms with Gasteiger partial charge in [-0.1, -0.05) is 0 Å². The number of nitrogens with zero attached hydrogens (tertiary/aromatic N) is 2. The van der Waals surface area contributed by atoms with E-state index >= 15 is 0 Å². The SMILES string of the molecule is CCN1C(c2ccccc2)=CN=C[SH]1[Ti](=[O])=[O]. The molecule has 1 aliphatic heterocycles. The first kappa shape index (κ1) is 12.5. The van der Waals surface area contributed by atoms with Gasteiger partial charge < -0.3 is 0 Å². The number of aliphatic imine (C=N–C) groups is 1. The third-order valence-corrected chi connectivity index (χ3v) is 7.64. The molecule has 0 N–H and O–H groups in total. The molecule has 0 saturated carbocycles. The molecule has 1 unspecified atom stereocenters. The van der Waals surface area contributed by atoms with E-state index in [1.165, 1.54) is 0 Å². The van der Waals surface area contributed by atoms with Crippen molar-refractivity contribution in [2.24, 2.45) is 4.99 Å². The zero-order chi connectivity index (χ0) is 12.3. The molecular weight excluding hydrogens is 272 g/mol. The third kappa shape index (κ3) is 2.68. The molecule has 0 bridgehead atoms. The summed E-state index contributed by atoms with van der Waals surface area (Å²) in [5.41, 5.74) is 3.48. The topological polar surface area (TPSA) is 49.7 Å². The minimum absolute atomic E-state index is 0.680. The molecule has 0 amide bonds. The fraction of sp³-hybridized carbons (Fsp3) is 0.182. The van der Waals surface area contributed by atoms with Gasteiger partial charge in [0, 0.05) is 0 Å². The van der Waals surface area contributed by atoms with Gasteiger partial charge in [-0.2, -0.15) is 0 Å². The van der Waals surface area contributed by atoms with Gasteiger partial charge in [-0.15, -0.1) is 0 Å². The van der Waals surface area contributed by atoms with Crippen LogP contribution in [-0.2, 0) is 23.2 Å². The van der Waals surface area contributed by atoms with E-state index in [0.29, 0.717) is 6.54 Å². The predicted molar refractivity (Wildman–Crippen MR) is 65.7 cm³/mol. The first-order valence-electron chi connectivity index (χ1n) is 5.30. The number of rotatable bonds is 3. The quantitative estimate of drug-likeness (QED) is 0.685. The van der Waals surface area contributed by atoms with Crippen molar-refractivity contribution in [2.75, 3.05) is 6.54 Å².